The molecule has 8 nitrogen and oxygen atoms in total. The first-order valence-electron chi connectivity index (χ1n) is 9.93. The van der Waals surface area contributed by atoms with Crippen LogP contribution in [0.2, 0.25) is 0 Å². The molecule has 0 amide bonds. The quantitative estimate of drug-likeness (QED) is 0.321. The van der Waals surface area contributed by atoms with Gasteiger partial charge in [0, 0.05) is 11.3 Å². The van der Waals surface area contributed by atoms with Gasteiger partial charge in [0.05, 0.1) is 16.3 Å². The van der Waals surface area contributed by atoms with Gasteiger partial charge in [0.2, 0.25) is 5.78 Å². The molecular weight excluding hydrogens is 447 g/mol. The van der Waals surface area contributed by atoms with Gasteiger partial charge in [-0.05, 0) is 62.0 Å². The van der Waals surface area contributed by atoms with Crippen LogP contribution in [0, 0.1) is 19.7 Å². The van der Waals surface area contributed by atoms with E-state index in [0.29, 0.717) is 28.3 Å². The van der Waals surface area contributed by atoms with Crippen molar-refractivity contribution in [1.29, 1.82) is 0 Å². The van der Waals surface area contributed by atoms with Crippen molar-refractivity contribution in [3.8, 4) is 16.4 Å². The van der Waals surface area contributed by atoms with Gasteiger partial charge >= 0.3 is 5.97 Å². The van der Waals surface area contributed by atoms with Crippen LogP contribution >= 0.6 is 11.3 Å². The SMILES string of the molecule is CC(=O)c1c(C)[nH]c(C(=O)COC(=O)c2nc(-c3cccs3)n(-c3ccc(F)cc3)n2)c1C. The summed E-state index contributed by atoms with van der Waals surface area (Å²) in [6.45, 7) is 4.24. The van der Waals surface area contributed by atoms with Gasteiger partial charge < -0.3 is 9.72 Å². The first-order valence-corrected chi connectivity index (χ1v) is 10.8. The van der Waals surface area contributed by atoms with E-state index in [2.05, 4.69) is 15.1 Å². The molecule has 1 aromatic carbocycles. The Hall–Kier alpha value is -3.92. The molecule has 0 saturated carbocycles. The maximum Gasteiger partial charge on any atom is 0.378 e. The summed E-state index contributed by atoms with van der Waals surface area (Å²) in [5.74, 6) is -1.77. The number of thiophene rings is 1. The minimum absolute atomic E-state index is 0.158. The van der Waals surface area contributed by atoms with Gasteiger partial charge in [-0.25, -0.2) is 13.9 Å². The van der Waals surface area contributed by atoms with E-state index in [0.717, 1.165) is 4.88 Å². The average Bonchev–Trinajstić information content (AvgIpc) is 3.51. The first-order chi connectivity index (χ1) is 15.8. The second-order valence-electron chi connectivity index (χ2n) is 7.31. The standard InChI is InChI=1S/C23H19FN4O4S/c1-12-19(14(3)29)13(2)25-20(12)17(30)11-32-23(31)21-26-22(18-5-4-10-33-18)28(27-21)16-8-6-15(24)7-9-16/h4-10,25H,11H2,1-3H3. The monoisotopic (exact) mass is 466 g/mol. The molecule has 0 fully saturated rings. The number of aromatic nitrogens is 4. The number of hydrogen-bond acceptors (Lipinski definition) is 7. The molecule has 0 bridgehead atoms. The molecule has 0 unspecified atom stereocenters. The van der Waals surface area contributed by atoms with Crippen molar-refractivity contribution in [1.82, 2.24) is 19.7 Å². The summed E-state index contributed by atoms with van der Waals surface area (Å²) in [6, 6.07) is 9.24. The fourth-order valence-corrected chi connectivity index (χ4v) is 4.25. The number of rotatable bonds is 7. The van der Waals surface area contributed by atoms with E-state index in [1.807, 2.05) is 17.5 Å². The number of benzene rings is 1. The summed E-state index contributed by atoms with van der Waals surface area (Å²) in [4.78, 5) is 44.9. The molecule has 0 aliphatic rings. The molecule has 0 atom stereocenters. The minimum Gasteiger partial charge on any atom is -0.451 e. The minimum atomic E-state index is -0.880. The molecule has 1 N–H and O–H groups in total. The lowest BCUT2D eigenvalue weighted by Gasteiger charge is -2.04. The number of aromatic amines is 1. The van der Waals surface area contributed by atoms with Gasteiger partial charge in [0.15, 0.2) is 18.2 Å². The first kappa shape index (κ1) is 22.3. The predicted octanol–water partition coefficient (Wildman–Crippen LogP) is 4.32. The van der Waals surface area contributed by atoms with Crippen molar-refractivity contribution < 1.29 is 23.5 Å². The molecule has 33 heavy (non-hydrogen) atoms. The number of Topliss-reactive ketones (excluding diaryl/α,β-unsaturated/α-hetero) is 2. The topological polar surface area (TPSA) is 107 Å². The van der Waals surface area contributed by atoms with Crippen LogP contribution in [0.5, 0.6) is 0 Å². The fraction of sp³-hybridized carbons (Fsp3) is 0.174. The Morgan fingerprint density at radius 3 is 2.48 bits per heavy atom. The van der Waals surface area contributed by atoms with Gasteiger partial charge in [-0.3, -0.25) is 9.59 Å². The van der Waals surface area contributed by atoms with E-state index in [1.165, 1.54) is 47.2 Å². The van der Waals surface area contributed by atoms with Crippen LogP contribution in [0.15, 0.2) is 41.8 Å². The van der Waals surface area contributed by atoms with Crippen LogP contribution in [0.25, 0.3) is 16.4 Å². The lowest BCUT2D eigenvalue weighted by molar-refractivity contribution is 0.0461. The fourth-order valence-electron chi connectivity index (χ4n) is 3.55. The second-order valence-corrected chi connectivity index (χ2v) is 8.25. The Bertz CT molecular complexity index is 1350. The van der Waals surface area contributed by atoms with E-state index in [1.54, 1.807) is 13.8 Å². The number of nitrogens with one attached hydrogen (secondary N) is 1. The van der Waals surface area contributed by atoms with Crippen molar-refractivity contribution in [2.75, 3.05) is 6.61 Å². The van der Waals surface area contributed by atoms with Crippen LogP contribution in [0.1, 0.15) is 49.6 Å². The summed E-state index contributed by atoms with van der Waals surface area (Å²) in [6.07, 6.45) is 0. The third-order valence-electron chi connectivity index (χ3n) is 5.01. The molecule has 4 rings (SSSR count). The number of carbonyl (C=O) groups is 3. The van der Waals surface area contributed by atoms with Gasteiger partial charge in [-0.15, -0.1) is 16.4 Å². The zero-order valence-electron chi connectivity index (χ0n) is 18.0. The number of esters is 1. The smallest absolute Gasteiger partial charge is 0.378 e. The number of H-pyrrole nitrogens is 1. The van der Waals surface area contributed by atoms with Crippen LogP contribution in [-0.4, -0.2) is 43.9 Å². The zero-order valence-corrected chi connectivity index (χ0v) is 18.8. The highest BCUT2D eigenvalue weighted by atomic mass is 32.1. The van der Waals surface area contributed by atoms with Crippen LogP contribution in [-0.2, 0) is 4.74 Å². The lowest BCUT2D eigenvalue weighted by atomic mass is 10.1. The van der Waals surface area contributed by atoms with Gasteiger partial charge in [0.25, 0.3) is 5.82 Å². The maximum atomic E-state index is 13.4. The highest BCUT2D eigenvalue weighted by Gasteiger charge is 2.24. The number of ketones is 2. The van der Waals surface area contributed by atoms with Gasteiger partial charge in [-0.2, -0.15) is 4.98 Å². The Morgan fingerprint density at radius 2 is 1.88 bits per heavy atom. The van der Waals surface area contributed by atoms with E-state index in [-0.39, 0.29) is 17.3 Å². The Labute approximate surface area is 192 Å². The molecule has 3 heterocycles. The van der Waals surface area contributed by atoms with E-state index in [9.17, 15) is 18.8 Å². The molecule has 4 aromatic rings. The number of hydrogen-bond donors (Lipinski definition) is 1. The summed E-state index contributed by atoms with van der Waals surface area (Å²) in [5, 5.41) is 6.08. The third-order valence-corrected chi connectivity index (χ3v) is 5.87. The van der Waals surface area contributed by atoms with Crippen LogP contribution in [0.4, 0.5) is 4.39 Å². The Morgan fingerprint density at radius 1 is 1.15 bits per heavy atom. The summed E-state index contributed by atoms with van der Waals surface area (Å²) >= 11 is 1.40. The number of nitrogens with zero attached hydrogens (tertiary/aromatic N) is 3. The van der Waals surface area contributed by atoms with Crippen molar-refractivity contribution in [3.63, 3.8) is 0 Å². The van der Waals surface area contributed by atoms with Crippen molar-refractivity contribution in [2.24, 2.45) is 0 Å². The summed E-state index contributed by atoms with van der Waals surface area (Å²) in [5.41, 5.74) is 2.27. The molecule has 10 heteroatoms. The molecule has 3 aromatic heterocycles. The number of halogens is 1. The Kier molecular flexibility index (Phi) is 6.01. The molecule has 168 valence electrons. The normalized spacial score (nSPS) is 10.9. The highest BCUT2D eigenvalue weighted by Crippen LogP contribution is 2.26. The molecule has 0 aliphatic carbocycles. The molecule has 0 saturated heterocycles. The maximum absolute atomic E-state index is 13.4. The molecule has 0 aliphatic heterocycles. The third kappa shape index (κ3) is 4.37. The van der Waals surface area contributed by atoms with E-state index in [4.69, 9.17) is 4.74 Å². The zero-order chi connectivity index (χ0) is 23.7. The second kappa shape index (κ2) is 8.91. The molecule has 0 spiro atoms. The van der Waals surface area contributed by atoms with Crippen LogP contribution < -0.4 is 0 Å². The number of ether oxygens (including phenoxy) is 1. The van der Waals surface area contributed by atoms with Crippen molar-refractivity contribution >= 4 is 28.9 Å². The van der Waals surface area contributed by atoms with Crippen LogP contribution in [0.3, 0.4) is 0 Å². The molecular formula is C23H19FN4O4S. The van der Waals surface area contributed by atoms with Crippen molar-refractivity contribution in [2.45, 2.75) is 20.8 Å². The predicted molar refractivity (Wildman–Crippen MR) is 120 cm³/mol. The van der Waals surface area contributed by atoms with Gasteiger partial charge in [0.1, 0.15) is 5.82 Å². The summed E-state index contributed by atoms with van der Waals surface area (Å²) in [7, 11) is 0. The van der Waals surface area contributed by atoms with E-state index < -0.39 is 24.2 Å². The van der Waals surface area contributed by atoms with Crippen molar-refractivity contribution in [3.05, 3.63) is 75.9 Å². The summed E-state index contributed by atoms with van der Waals surface area (Å²) < 4.78 is 19.9. The number of carbonyl (C=O) groups excluding carboxylic acids is 3. The average molecular weight is 466 g/mol. The van der Waals surface area contributed by atoms with Gasteiger partial charge in [-0.1, -0.05) is 6.07 Å². The largest absolute Gasteiger partial charge is 0.451 e. The van der Waals surface area contributed by atoms with E-state index >= 15 is 0 Å². The molecule has 0 radical (unpaired) electrons. The highest BCUT2D eigenvalue weighted by molar-refractivity contribution is 7.13. The Balaban J connectivity index is 1.57. The number of aryl methyl sites for hydroxylation is 1. The lowest BCUT2D eigenvalue weighted by Crippen LogP contribution is -2.16.